The van der Waals surface area contributed by atoms with Crippen LogP contribution in [0.1, 0.15) is 38.1 Å². The molecule has 3 atom stereocenters. The lowest BCUT2D eigenvalue weighted by Gasteiger charge is -2.42. The maximum absolute atomic E-state index is 6.74. The summed E-state index contributed by atoms with van der Waals surface area (Å²) in [6.07, 6.45) is 4.59. The molecule has 1 aliphatic carbocycles. The van der Waals surface area contributed by atoms with Crippen LogP contribution >= 0.6 is 11.3 Å². The zero-order valence-electron chi connectivity index (χ0n) is 12.9. The van der Waals surface area contributed by atoms with Crippen LogP contribution in [0.15, 0.2) is 35.7 Å². The Morgan fingerprint density at radius 3 is 2.76 bits per heavy atom. The molecule has 2 N–H and O–H groups in total. The first-order valence-electron chi connectivity index (χ1n) is 7.85. The lowest BCUT2D eigenvalue weighted by molar-refractivity contribution is 0.161. The van der Waals surface area contributed by atoms with Gasteiger partial charge in [0.15, 0.2) is 0 Å². The first-order chi connectivity index (χ1) is 10.1. The van der Waals surface area contributed by atoms with Crippen molar-refractivity contribution in [2.75, 3.05) is 0 Å². The Bertz CT molecular complexity index is 592. The predicted octanol–water partition coefficient (Wildman–Crippen LogP) is 4.51. The molecule has 3 unspecified atom stereocenters. The van der Waals surface area contributed by atoms with E-state index in [4.69, 9.17) is 10.7 Å². The molecular weight excluding hydrogens is 276 g/mol. The molecule has 2 aromatic rings. The fourth-order valence-electron chi connectivity index (χ4n) is 3.44. The molecule has 3 rings (SSSR count). The average Bonchev–Trinajstić information content (AvgIpc) is 2.92. The summed E-state index contributed by atoms with van der Waals surface area (Å²) in [5.74, 6) is 1.32. The fraction of sp³-hybridized carbons (Fsp3) is 0.500. The number of thiazole rings is 1. The summed E-state index contributed by atoms with van der Waals surface area (Å²) in [5, 5.41) is 3.34. The van der Waals surface area contributed by atoms with E-state index in [-0.39, 0.29) is 5.54 Å². The zero-order chi connectivity index (χ0) is 14.9. The van der Waals surface area contributed by atoms with Crippen LogP contribution in [0.3, 0.4) is 0 Å². The molecule has 112 valence electrons. The van der Waals surface area contributed by atoms with Crippen LogP contribution in [-0.2, 0) is 6.42 Å². The van der Waals surface area contributed by atoms with Gasteiger partial charge in [0.2, 0.25) is 0 Å². The molecule has 0 amide bonds. The minimum atomic E-state index is -0.0799. The Morgan fingerprint density at radius 2 is 2.00 bits per heavy atom. The third-order valence-electron chi connectivity index (χ3n) is 4.90. The lowest BCUT2D eigenvalue weighted by atomic mass is 9.69. The van der Waals surface area contributed by atoms with Crippen LogP contribution in [-0.4, -0.2) is 10.5 Å². The maximum atomic E-state index is 6.74. The fourth-order valence-corrected chi connectivity index (χ4v) is 4.38. The Morgan fingerprint density at radius 1 is 1.24 bits per heavy atom. The maximum Gasteiger partial charge on any atom is 0.0951 e. The molecule has 0 bridgehead atoms. The second kappa shape index (κ2) is 5.90. The topological polar surface area (TPSA) is 38.9 Å². The average molecular weight is 300 g/mol. The van der Waals surface area contributed by atoms with Gasteiger partial charge < -0.3 is 5.73 Å². The second-order valence-corrected chi connectivity index (χ2v) is 7.63. The molecule has 1 aliphatic rings. The Balaban J connectivity index is 1.78. The van der Waals surface area contributed by atoms with Gasteiger partial charge in [0.25, 0.3) is 0 Å². The molecule has 1 aromatic carbocycles. The van der Waals surface area contributed by atoms with E-state index >= 15 is 0 Å². The SMILES string of the molecule is CC1CCC(C)C(N)(Cc2nc(-c3ccccc3)cs2)C1. The van der Waals surface area contributed by atoms with Crippen molar-refractivity contribution in [3.05, 3.63) is 40.7 Å². The molecule has 21 heavy (non-hydrogen) atoms. The molecule has 1 aromatic heterocycles. The molecule has 0 spiro atoms. The van der Waals surface area contributed by atoms with E-state index in [0.717, 1.165) is 24.5 Å². The summed E-state index contributed by atoms with van der Waals surface area (Å²) in [5.41, 5.74) is 8.93. The zero-order valence-corrected chi connectivity index (χ0v) is 13.7. The van der Waals surface area contributed by atoms with Crippen LogP contribution < -0.4 is 5.73 Å². The van der Waals surface area contributed by atoms with Gasteiger partial charge in [-0.05, 0) is 24.7 Å². The third kappa shape index (κ3) is 3.19. The van der Waals surface area contributed by atoms with Gasteiger partial charge in [-0.1, -0.05) is 50.6 Å². The monoisotopic (exact) mass is 300 g/mol. The minimum Gasteiger partial charge on any atom is -0.324 e. The van der Waals surface area contributed by atoms with Gasteiger partial charge in [-0.15, -0.1) is 11.3 Å². The summed E-state index contributed by atoms with van der Waals surface area (Å²) in [6.45, 7) is 4.63. The summed E-state index contributed by atoms with van der Waals surface area (Å²) < 4.78 is 0. The van der Waals surface area contributed by atoms with Crippen molar-refractivity contribution in [1.29, 1.82) is 0 Å². The molecule has 2 nitrogen and oxygen atoms in total. The number of rotatable bonds is 3. The highest BCUT2D eigenvalue weighted by Crippen LogP contribution is 2.38. The Kier molecular flexibility index (Phi) is 4.14. The quantitative estimate of drug-likeness (QED) is 0.906. The van der Waals surface area contributed by atoms with E-state index in [1.807, 2.05) is 6.07 Å². The smallest absolute Gasteiger partial charge is 0.0951 e. The molecule has 1 saturated carbocycles. The van der Waals surface area contributed by atoms with Crippen LogP contribution in [0, 0.1) is 11.8 Å². The van der Waals surface area contributed by atoms with E-state index in [1.54, 1.807) is 11.3 Å². The van der Waals surface area contributed by atoms with Crippen LogP contribution in [0.2, 0.25) is 0 Å². The lowest BCUT2D eigenvalue weighted by Crippen LogP contribution is -2.51. The van der Waals surface area contributed by atoms with Gasteiger partial charge in [0.1, 0.15) is 0 Å². The van der Waals surface area contributed by atoms with E-state index in [1.165, 1.54) is 23.4 Å². The number of hydrogen-bond donors (Lipinski definition) is 1. The van der Waals surface area contributed by atoms with Crippen LogP contribution in [0.4, 0.5) is 0 Å². The van der Waals surface area contributed by atoms with Crippen molar-refractivity contribution in [1.82, 2.24) is 4.98 Å². The Labute approximate surface area is 131 Å². The number of nitrogens with two attached hydrogens (primary N) is 1. The van der Waals surface area contributed by atoms with E-state index in [2.05, 4.69) is 43.5 Å². The van der Waals surface area contributed by atoms with Crippen LogP contribution in [0.25, 0.3) is 11.3 Å². The largest absolute Gasteiger partial charge is 0.324 e. The molecule has 0 saturated heterocycles. The summed E-state index contributed by atoms with van der Waals surface area (Å²) in [7, 11) is 0. The van der Waals surface area contributed by atoms with Crippen molar-refractivity contribution >= 4 is 11.3 Å². The first-order valence-corrected chi connectivity index (χ1v) is 8.73. The summed E-state index contributed by atoms with van der Waals surface area (Å²) in [6, 6.07) is 10.4. The first kappa shape index (κ1) is 14.7. The van der Waals surface area contributed by atoms with Crippen molar-refractivity contribution < 1.29 is 0 Å². The number of hydrogen-bond acceptors (Lipinski definition) is 3. The van der Waals surface area contributed by atoms with Gasteiger partial charge in [-0.2, -0.15) is 0 Å². The summed E-state index contributed by atoms with van der Waals surface area (Å²) >= 11 is 1.75. The molecule has 1 heterocycles. The highest BCUT2D eigenvalue weighted by atomic mass is 32.1. The molecule has 0 aliphatic heterocycles. The number of nitrogens with zero attached hydrogens (tertiary/aromatic N) is 1. The molecular formula is C18H24N2S. The number of benzene rings is 1. The standard InChI is InChI=1S/C18H24N2S/c1-13-8-9-14(2)18(19,10-13)11-17-20-16(12-21-17)15-6-4-3-5-7-15/h3-7,12-14H,8-11,19H2,1-2H3. The van der Waals surface area contributed by atoms with Crippen molar-refractivity contribution in [2.24, 2.45) is 17.6 Å². The Hall–Kier alpha value is -1.19. The van der Waals surface area contributed by atoms with Crippen LogP contribution in [0.5, 0.6) is 0 Å². The van der Waals surface area contributed by atoms with Gasteiger partial charge in [0.05, 0.1) is 10.7 Å². The van der Waals surface area contributed by atoms with Gasteiger partial charge in [-0.3, -0.25) is 0 Å². The van der Waals surface area contributed by atoms with Crippen molar-refractivity contribution in [2.45, 2.75) is 45.1 Å². The normalized spacial score (nSPS) is 29.5. The molecule has 3 heteroatoms. The van der Waals surface area contributed by atoms with E-state index in [0.29, 0.717) is 5.92 Å². The minimum absolute atomic E-state index is 0.0799. The molecule has 0 radical (unpaired) electrons. The van der Waals surface area contributed by atoms with Gasteiger partial charge in [-0.25, -0.2) is 4.98 Å². The van der Waals surface area contributed by atoms with Gasteiger partial charge in [0, 0.05) is 22.9 Å². The third-order valence-corrected chi connectivity index (χ3v) is 5.75. The second-order valence-electron chi connectivity index (χ2n) is 6.69. The predicted molar refractivity (Wildman–Crippen MR) is 90.4 cm³/mol. The number of aromatic nitrogens is 1. The van der Waals surface area contributed by atoms with Crippen molar-refractivity contribution in [3.8, 4) is 11.3 Å². The van der Waals surface area contributed by atoms with Crippen molar-refractivity contribution in [3.63, 3.8) is 0 Å². The van der Waals surface area contributed by atoms with Gasteiger partial charge >= 0.3 is 0 Å². The highest BCUT2D eigenvalue weighted by Gasteiger charge is 2.37. The molecule has 1 fully saturated rings. The van der Waals surface area contributed by atoms with E-state index < -0.39 is 0 Å². The van der Waals surface area contributed by atoms with E-state index in [9.17, 15) is 0 Å². The summed E-state index contributed by atoms with van der Waals surface area (Å²) in [4.78, 5) is 4.82. The highest BCUT2D eigenvalue weighted by molar-refractivity contribution is 7.09.